The minimum atomic E-state index is -0.948. The van der Waals surface area contributed by atoms with Gasteiger partial charge < -0.3 is 5.11 Å². The maximum atomic E-state index is 11.2. The third kappa shape index (κ3) is 2.27. The fraction of sp³-hybridized carbons (Fsp3) is 0.188. The van der Waals surface area contributed by atoms with Gasteiger partial charge in [-0.1, -0.05) is 13.0 Å². The zero-order chi connectivity index (χ0) is 15.0. The summed E-state index contributed by atoms with van der Waals surface area (Å²) in [7, 11) is 0. The second-order valence-corrected chi connectivity index (χ2v) is 4.91. The van der Waals surface area contributed by atoms with Crippen LogP contribution in [-0.4, -0.2) is 25.8 Å². The molecule has 0 radical (unpaired) electrons. The maximum Gasteiger partial charge on any atom is 0.339 e. The van der Waals surface area contributed by atoms with Gasteiger partial charge in [-0.05, 0) is 37.6 Å². The Morgan fingerprint density at radius 2 is 2.10 bits per heavy atom. The fourth-order valence-electron chi connectivity index (χ4n) is 2.46. The van der Waals surface area contributed by atoms with Gasteiger partial charge >= 0.3 is 5.97 Å². The lowest BCUT2D eigenvalue weighted by atomic mass is 10.1. The van der Waals surface area contributed by atoms with E-state index in [0.717, 1.165) is 22.3 Å². The van der Waals surface area contributed by atoms with Gasteiger partial charge in [0.1, 0.15) is 5.56 Å². The van der Waals surface area contributed by atoms with Gasteiger partial charge in [-0.15, -0.1) is 0 Å². The number of carbonyl (C=O) groups is 1. The molecule has 0 aliphatic carbocycles. The SMILES string of the molecule is CCc1c(C(=O)O)cnn1-c1ccc2nc(C)ccc2c1. The molecule has 21 heavy (non-hydrogen) atoms. The molecule has 3 aromatic rings. The van der Waals surface area contributed by atoms with Crippen molar-refractivity contribution in [2.45, 2.75) is 20.3 Å². The zero-order valence-electron chi connectivity index (χ0n) is 11.9. The van der Waals surface area contributed by atoms with E-state index >= 15 is 0 Å². The summed E-state index contributed by atoms with van der Waals surface area (Å²) in [6, 6.07) is 9.78. The van der Waals surface area contributed by atoms with Crippen LogP contribution in [0.2, 0.25) is 0 Å². The van der Waals surface area contributed by atoms with E-state index in [1.807, 2.05) is 44.2 Å². The molecule has 1 aromatic carbocycles. The first-order chi connectivity index (χ1) is 10.1. The summed E-state index contributed by atoms with van der Waals surface area (Å²) in [4.78, 5) is 15.7. The van der Waals surface area contributed by atoms with E-state index in [-0.39, 0.29) is 5.56 Å². The second kappa shape index (κ2) is 5.01. The molecule has 0 aliphatic rings. The molecule has 3 rings (SSSR count). The second-order valence-electron chi connectivity index (χ2n) is 4.91. The number of nitrogens with zero attached hydrogens (tertiary/aromatic N) is 3. The number of hydrogen-bond donors (Lipinski definition) is 1. The third-order valence-electron chi connectivity index (χ3n) is 3.49. The van der Waals surface area contributed by atoms with E-state index in [1.54, 1.807) is 4.68 Å². The van der Waals surface area contributed by atoms with Gasteiger partial charge in [-0.2, -0.15) is 5.10 Å². The molecule has 0 atom stereocenters. The van der Waals surface area contributed by atoms with E-state index in [9.17, 15) is 9.90 Å². The number of carboxylic acid groups (broad SMARTS) is 1. The summed E-state index contributed by atoms with van der Waals surface area (Å²) in [5, 5.41) is 14.4. The summed E-state index contributed by atoms with van der Waals surface area (Å²) in [6.07, 6.45) is 2.00. The van der Waals surface area contributed by atoms with Crippen molar-refractivity contribution in [2.24, 2.45) is 0 Å². The Morgan fingerprint density at radius 3 is 2.81 bits per heavy atom. The number of hydrogen-bond acceptors (Lipinski definition) is 3. The van der Waals surface area contributed by atoms with Crippen LogP contribution in [0.25, 0.3) is 16.6 Å². The van der Waals surface area contributed by atoms with Gasteiger partial charge in [0.25, 0.3) is 0 Å². The highest BCUT2D eigenvalue weighted by Crippen LogP contribution is 2.20. The Kier molecular flexibility index (Phi) is 3.17. The molecular weight excluding hydrogens is 266 g/mol. The average Bonchev–Trinajstić information content (AvgIpc) is 2.90. The quantitative estimate of drug-likeness (QED) is 0.801. The summed E-state index contributed by atoms with van der Waals surface area (Å²) in [6.45, 7) is 3.88. The van der Waals surface area contributed by atoms with Crippen molar-refractivity contribution in [1.82, 2.24) is 14.8 Å². The highest BCUT2D eigenvalue weighted by atomic mass is 16.4. The smallest absolute Gasteiger partial charge is 0.339 e. The lowest BCUT2D eigenvalue weighted by Crippen LogP contribution is -2.05. The average molecular weight is 281 g/mol. The summed E-state index contributed by atoms with van der Waals surface area (Å²) in [5.74, 6) is -0.948. The van der Waals surface area contributed by atoms with Gasteiger partial charge in [-0.3, -0.25) is 4.98 Å². The van der Waals surface area contributed by atoms with Crippen LogP contribution in [0.3, 0.4) is 0 Å². The monoisotopic (exact) mass is 281 g/mol. The van der Waals surface area contributed by atoms with Crippen molar-refractivity contribution >= 4 is 16.9 Å². The van der Waals surface area contributed by atoms with Crippen LogP contribution in [0.4, 0.5) is 0 Å². The molecule has 0 spiro atoms. The molecule has 2 aromatic heterocycles. The molecule has 0 saturated carbocycles. The predicted octanol–water partition coefficient (Wildman–Crippen LogP) is 2.99. The van der Waals surface area contributed by atoms with Gasteiger partial charge in [0.15, 0.2) is 0 Å². The molecule has 0 aliphatic heterocycles. The largest absolute Gasteiger partial charge is 0.478 e. The van der Waals surface area contributed by atoms with Gasteiger partial charge in [0.05, 0.1) is 23.1 Å². The van der Waals surface area contributed by atoms with Crippen LogP contribution in [-0.2, 0) is 6.42 Å². The molecule has 5 nitrogen and oxygen atoms in total. The molecule has 0 amide bonds. The van der Waals surface area contributed by atoms with Crippen molar-refractivity contribution in [3.8, 4) is 5.69 Å². The number of aromatic nitrogens is 3. The molecule has 0 fully saturated rings. The van der Waals surface area contributed by atoms with E-state index in [4.69, 9.17) is 0 Å². The van der Waals surface area contributed by atoms with E-state index < -0.39 is 5.97 Å². The molecule has 0 unspecified atom stereocenters. The first-order valence-electron chi connectivity index (χ1n) is 6.78. The minimum absolute atomic E-state index is 0.250. The lowest BCUT2D eigenvalue weighted by Gasteiger charge is -2.08. The van der Waals surface area contributed by atoms with Crippen LogP contribution in [0.1, 0.15) is 28.7 Å². The molecule has 2 heterocycles. The standard InChI is InChI=1S/C16H15N3O2/c1-3-15-13(16(20)21)9-17-19(15)12-6-7-14-11(8-12)5-4-10(2)18-14/h4-9H,3H2,1-2H3,(H,20,21). The number of aromatic carboxylic acids is 1. The highest BCUT2D eigenvalue weighted by Gasteiger charge is 2.16. The van der Waals surface area contributed by atoms with Gasteiger partial charge in [0, 0.05) is 11.1 Å². The molecular formula is C16H15N3O2. The fourth-order valence-corrected chi connectivity index (χ4v) is 2.46. The van der Waals surface area contributed by atoms with Crippen LogP contribution in [0.15, 0.2) is 36.5 Å². The van der Waals surface area contributed by atoms with Crippen LogP contribution < -0.4 is 0 Å². The van der Waals surface area contributed by atoms with Crippen molar-refractivity contribution in [3.63, 3.8) is 0 Å². The number of carboxylic acids is 1. The van der Waals surface area contributed by atoms with Crippen molar-refractivity contribution in [2.75, 3.05) is 0 Å². The van der Waals surface area contributed by atoms with Gasteiger partial charge in [-0.25, -0.2) is 9.48 Å². The van der Waals surface area contributed by atoms with Gasteiger partial charge in [0.2, 0.25) is 0 Å². The first-order valence-corrected chi connectivity index (χ1v) is 6.78. The summed E-state index contributed by atoms with van der Waals surface area (Å²) in [5.41, 5.74) is 3.68. The molecule has 1 N–H and O–H groups in total. The molecule has 5 heteroatoms. The van der Waals surface area contributed by atoms with E-state index in [1.165, 1.54) is 6.20 Å². The van der Waals surface area contributed by atoms with Crippen LogP contribution >= 0.6 is 0 Å². The van der Waals surface area contributed by atoms with Crippen molar-refractivity contribution < 1.29 is 9.90 Å². The number of pyridine rings is 1. The topological polar surface area (TPSA) is 68.0 Å². The minimum Gasteiger partial charge on any atom is -0.478 e. The predicted molar refractivity (Wildman–Crippen MR) is 79.9 cm³/mol. The normalized spacial score (nSPS) is 11.0. The molecule has 0 bridgehead atoms. The Hall–Kier alpha value is -2.69. The molecule has 0 saturated heterocycles. The number of fused-ring (bicyclic) bond motifs is 1. The molecule has 106 valence electrons. The summed E-state index contributed by atoms with van der Waals surface area (Å²) < 4.78 is 1.68. The van der Waals surface area contributed by atoms with E-state index in [2.05, 4.69) is 10.1 Å². The Bertz CT molecular complexity index is 837. The van der Waals surface area contributed by atoms with Crippen LogP contribution in [0, 0.1) is 6.92 Å². The number of rotatable bonds is 3. The maximum absolute atomic E-state index is 11.2. The highest BCUT2D eigenvalue weighted by molar-refractivity contribution is 5.89. The van der Waals surface area contributed by atoms with E-state index in [0.29, 0.717) is 12.1 Å². The Balaban J connectivity index is 2.16. The van der Waals surface area contributed by atoms with Crippen LogP contribution in [0.5, 0.6) is 0 Å². The third-order valence-corrected chi connectivity index (χ3v) is 3.49. The Labute approximate surface area is 121 Å². The number of aryl methyl sites for hydroxylation is 1. The zero-order valence-corrected chi connectivity index (χ0v) is 11.9. The number of benzene rings is 1. The first kappa shape index (κ1) is 13.3. The van der Waals surface area contributed by atoms with Crippen molar-refractivity contribution in [3.05, 3.63) is 53.5 Å². The summed E-state index contributed by atoms with van der Waals surface area (Å²) >= 11 is 0. The lowest BCUT2D eigenvalue weighted by molar-refractivity contribution is 0.0695. The van der Waals surface area contributed by atoms with Crippen molar-refractivity contribution in [1.29, 1.82) is 0 Å². The Morgan fingerprint density at radius 1 is 1.29 bits per heavy atom.